The fourth-order valence-electron chi connectivity index (χ4n) is 2.76. The molecule has 5 heteroatoms. The quantitative estimate of drug-likeness (QED) is 0.847. The van der Waals surface area contributed by atoms with Crippen molar-refractivity contribution in [2.75, 3.05) is 26.2 Å². The van der Waals surface area contributed by atoms with Crippen molar-refractivity contribution < 1.29 is 4.79 Å². The summed E-state index contributed by atoms with van der Waals surface area (Å²) in [6, 6.07) is 4.07. The topological polar surface area (TPSA) is 36.4 Å². The molecule has 2 fully saturated rings. The van der Waals surface area contributed by atoms with Crippen LogP contribution in [0.5, 0.6) is 0 Å². The van der Waals surface area contributed by atoms with E-state index in [-0.39, 0.29) is 0 Å². The van der Waals surface area contributed by atoms with Crippen LogP contribution in [0.4, 0.5) is 0 Å². The molecule has 0 unspecified atom stereocenters. The highest BCUT2D eigenvalue weighted by Crippen LogP contribution is 2.39. The van der Waals surface area contributed by atoms with Crippen molar-refractivity contribution >= 4 is 21.8 Å². The zero-order valence-corrected chi connectivity index (χ0v) is 13.3. The van der Waals surface area contributed by atoms with Crippen LogP contribution >= 0.6 is 15.9 Å². The number of aromatic nitrogens is 1. The second-order valence-corrected chi connectivity index (χ2v) is 6.80. The van der Waals surface area contributed by atoms with Gasteiger partial charge >= 0.3 is 0 Å². The Labute approximate surface area is 128 Å². The van der Waals surface area contributed by atoms with Crippen LogP contribution in [-0.4, -0.2) is 46.9 Å². The van der Waals surface area contributed by atoms with Crippen molar-refractivity contribution in [2.24, 2.45) is 11.8 Å². The maximum absolute atomic E-state index is 12.2. The molecule has 2 atom stereocenters. The van der Waals surface area contributed by atoms with Gasteiger partial charge in [0.05, 0.1) is 5.69 Å². The second-order valence-electron chi connectivity index (χ2n) is 5.89. The second kappa shape index (κ2) is 5.82. The van der Waals surface area contributed by atoms with Crippen molar-refractivity contribution in [1.29, 1.82) is 0 Å². The summed E-state index contributed by atoms with van der Waals surface area (Å²) in [6.45, 7) is 6.65. The Morgan fingerprint density at radius 1 is 1.35 bits per heavy atom. The van der Waals surface area contributed by atoms with E-state index >= 15 is 0 Å². The first-order chi connectivity index (χ1) is 9.63. The van der Waals surface area contributed by atoms with Gasteiger partial charge in [0.2, 0.25) is 5.91 Å². The van der Waals surface area contributed by atoms with Crippen molar-refractivity contribution in [2.45, 2.75) is 19.9 Å². The zero-order valence-electron chi connectivity index (χ0n) is 11.8. The first-order valence-electron chi connectivity index (χ1n) is 7.25. The first-order valence-corrected chi connectivity index (χ1v) is 8.04. The first kappa shape index (κ1) is 14.0. The Morgan fingerprint density at radius 3 is 2.60 bits per heavy atom. The molecule has 108 valence electrons. The molecule has 1 saturated carbocycles. The molecule has 0 N–H and O–H groups in total. The lowest BCUT2D eigenvalue weighted by Gasteiger charge is -2.34. The van der Waals surface area contributed by atoms with Gasteiger partial charge in [-0.2, -0.15) is 0 Å². The summed E-state index contributed by atoms with van der Waals surface area (Å²) in [4.78, 5) is 21.0. The summed E-state index contributed by atoms with van der Waals surface area (Å²) in [5.74, 6) is 1.29. The van der Waals surface area contributed by atoms with Gasteiger partial charge in [0.1, 0.15) is 0 Å². The molecule has 20 heavy (non-hydrogen) atoms. The van der Waals surface area contributed by atoms with E-state index in [9.17, 15) is 4.79 Å². The predicted octanol–water partition coefficient (Wildman–Crippen LogP) is 2.14. The number of hydrogen-bond donors (Lipinski definition) is 0. The number of pyridine rings is 1. The number of halogens is 1. The number of rotatable bonds is 3. The summed E-state index contributed by atoms with van der Waals surface area (Å²) >= 11 is 3.40. The molecule has 2 heterocycles. The van der Waals surface area contributed by atoms with Crippen LogP contribution in [0.3, 0.4) is 0 Å². The molecule has 0 bridgehead atoms. The minimum Gasteiger partial charge on any atom is -0.340 e. The van der Waals surface area contributed by atoms with Crippen LogP contribution in [0.25, 0.3) is 0 Å². The molecule has 1 aliphatic heterocycles. The van der Waals surface area contributed by atoms with Gasteiger partial charge in [-0.3, -0.25) is 14.7 Å². The highest BCUT2D eigenvalue weighted by molar-refractivity contribution is 9.10. The highest BCUT2D eigenvalue weighted by atomic mass is 79.9. The molecule has 0 spiro atoms. The number of piperazine rings is 1. The predicted molar refractivity (Wildman–Crippen MR) is 81.1 cm³/mol. The highest BCUT2D eigenvalue weighted by Gasteiger charge is 2.41. The standard InChI is InChI=1S/C15H20BrN3O/c1-11-8-14(11)15(20)19-6-4-18(5-7-19)10-13-3-2-12(16)9-17-13/h2-3,9,11,14H,4-8,10H2,1H3/t11-,14-/m1/s1. The average molecular weight is 338 g/mol. The third-order valence-electron chi connectivity index (χ3n) is 4.28. The number of carbonyl (C=O) groups is 1. The van der Waals surface area contributed by atoms with Gasteiger partial charge < -0.3 is 4.90 Å². The minimum absolute atomic E-state index is 0.315. The van der Waals surface area contributed by atoms with Crippen molar-refractivity contribution in [3.63, 3.8) is 0 Å². The fourth-order valence-corrected chi connectivity index (χ4v) is 2.99. The zero-order chi connectivity index (χ0) is 14.1. The van der Waals surface area contributed by atoms with Gasteiger partial charge in [0.25, 0.3) is 0 Å². The Balaban J connectivity index is 1.48. The summed E-state index contributed by atoms with van der Waals surface area (Å²) in [7, 11) is 0. The van der Waals surface area contributed by atoms with Gasteiger partial charge in [-0.15, -0.1) is 0 Å². The molecular formula is C15H20BrN3O. The van der Waals surface area contributed by atoms with Crippen LogP contribution in [0.15, 0.2) is 22.8 Å². The van der Waals surface area contributed by atoms with Crippen LogP contribution in [-0.2, 0) is 11.3 Å². The Hall–Kier alpha value is -0.940. The average Bonchev–Trinajstić information content (AvgIpc) is 3.19. The van der Waals surface area contributed by atoms with E-state index in [4.69, 9.17) is 0 Å². The Morgan fingerprint density at radius 2 is 2.05 bits per heavy atom. The number of amides is 1. The van der Waals surface area contributed by atoms with E-state index in [0.29, 0.717) is 17.7 Å². The number of hydrogen-bond acceptors (Lipinski definition) is 3. The molecule has 1 saturated heterocycles. The molecule has 1 aromatic heterocycles. The van der Waals surface area contributed by atoms with Gasteiger partial charge in [0.15, 0.2) is 0 Å². The molecule has 0 aromatic carbocycles. The third-order valence-corrected chi connectivity index (χ3v) is 4.75. The van der Waals surface area contributed by atoms with Crippen LogP contribution in [0, 0.1) is 11.8 Å². The van der Waals surface area contributed by atoms with Crippen molar-refractivity contribution in [3.8, 4) is 0 Å². The molecule has 4 nitrogen and oxygen atoms in total. The lowest BCUT2D eigenvalue weighted by molar-refractivity contribution is -0.134. The Bertz CT molecular complexity index is 482. The van der Waals surface area contributed by atoms with Crippen LogP contribution < -0.4 is 0 Å². The normalized spacial score (nSPS) is 26.6. The van der Waals surface area contributed by atoms with Gasteiger partial charge in [-0.1, -0.05) is 6.92 Å². The van der Waals surface area contributed by atoms with Gasteiger partial charge in [-0.05, 0) is 40.4 Å². The van der Waals surface area contributed by atoms with Gasteiger partial charge in [0, 0.05) is 49.3 Å². The molecule has 1 aliphatic carbocycles. The molecule has 2 aliphatic rings. The monoisotopic (exact) mass is 337 g/mol. The summed E-state index contributed by atoms with van der Waals surface area (Å²) in [5, 5.41) is 0. The maximum atomic E-state index is 12.2. The van der Waals surface area contributed by atoms with E-state index in [1.807, 2.05) is 23.2 Å². The Kier molecular flexibility index (Phi) is 4.08. The largest absolute Gasteiger partial charge is 0.340 e. The molecule has 0 radical (unpaired) electrons. The van der Waals surface area contributed by atoms with Crippen LogP contribution in [0.1, 0.15) is 19.0 Å². The fraction of sp³-hybridized carbons (Fsp3) is 0.600. The third kappa shape index (κ3) is 3.20. The van der Waals surface area contributed by atoms with E-state index in [1.54, 1.807) is 0 Å². The smallest absolute Gasteiger partial charge is 0.226 e. The number of carbonyl (C=O) groups excluding carboxylic acids is 1. The van der Waals surface area contributed by atoms with E-state index in [0.717, 1.165) is 49.3 Å². The van der Waals surface area contributed by atoms with E-state index in [1.165, 1.54) is 0 Å². The lowest BCUT2D eigenvalue weighted by atomic mass is 10.2. The molecule has 3 rings (SSSR count). The van der Waals surface area contributed by atoms with Crippen molar-refractivity contribution in [3.05, 3.63) is 28.5 Å². The van der Waals surface area contributed by atoms with Crippen molar-refractivity contribution in [1.82, 2.24) is 14.8 Å². The molecule has 1 amide bonds. The van der Waals surface area contributed by atoms with E-state index in [2.05, 4.69) is 32.7 Å². The number of nitrogens with zero attached hydrogens (tertiary/aromatic N) is 3. The maximum Gasteiger partial charge on any atom is 0.226 e. The molecule has 1 aromatic rings. The summed E-state index contributed by atoms with van der Waals surface area (Å²) < 4.78 is 1.01. The minimum atomic E-state index is 0.315. The summed E-state index contributed by atoms with van der Waals surface area (Å²) in [6.07, 6.45) is 2.92. The SMILES string of the molecule is C[C@@H]1C[C@H]1C(=O)N1CCN(Cc2ccc(Br)cn2)CC1. The molecular weight excluding hydrogens is 318 g/mol. The van der Waals surface area contributed by atoms with E-state index < -0.39 is 0 Å². The summed E-state index contributed by atoms with van der Waals surface area (Å²) in [5.41, 5.74) is 1.09. The van der Waals surface area contributed by atoms with Crippen LogP contribution in [0.2, 0.25) is 0 Å². The van der Waals surface area contributed by atoms with Gasteiger partial charge in [-0.25, -0.2) is 0 Å². The lowest BCUT2D eigenvalue weighted by Crippen LogP contribution is -2.48.